The van der Waals surface area contributed by atoms with Crippen LogP contribution in [0.1, 0.15) is 19.7 Å². The van der Waals surface area contributed by atoms with Crippen LogP contribution in [0.25, 0.3) is 11.0 Å². The summed E-state index contributed by atoms with van der Waals surface area (Å²) in [5.41, 5.74) is 1.96. The van der Waals surface area contributed by atoms with Crippen molar-refractivity contribution in [3.8, 4) is 0 Å². The van der Waals surface area contributed by atoms with Gasteiger partial charge in [0.05, 0.1) is 22.6 Å². The van der Waals surface area contributed by atoms with Crippen molar-refractivity contribution in [3.05, 3.63) is 29.0 Å². The van der Waals surface area contributed by atoms with Gasteiger partial charge in [0, 0.05) is 13.1 Å². The Morgan fingerprint density at radius 3 is 2.81 bits per heavy atom. The van der Waals surface area contributed by atoms with Gasteiger partial charge in [-0.3, -0.25) is 0 Å². The number of hydrogen-bond donors (Lipinski definition) is 1. The Kier molecular flexibility index (Phi) is 3.17. The quantitative estimate of drug-likeness (QED) is 0.890. The summed E-state index contributed by atoms with van der Waals surface area (Å²) in [5.74, 6) is 1.01. The highest BCUT2D eigenvalue weighted by Gasteiger charge is 2.09. The lowest BCUT2D eigenvalue weighted by molar-refractivity contribution is 0.563. The molecule has 2 aromatic rings. The summed E-state index contributed by atoms with van der Waals surface area (Å²) in [6, 6.07) is 6.26. The second-order valence-corrected chi connectivity index (χ2v) is 4.64. The van der Waals surface area contributed by atoms with E-state index in [0.29, 0.717) is 6.04 Å². The lowest BCUT2D eigenvalue weighted by atomic mass is 10.3. The molecule has 0 aliphatic carbocycles. The Bertz CT molecular complexity index is 502. The highest BCUT2D eigenvalue weighted by atomic mass is 35.5. The maximum atomic E-state index is 6.16. The standard InChI is InChI=1S/C12H16ClN3/c1-8(2)14-7-11-15-10-6-4-5-9(13)12(10)16(11)3/h4-6,8,14H,7H2,1-3H3. The number of halogens is 1. The zero-order chi connectivity index (χ0) is 11.7. The molecule has 0 fully saturated rings. The average molecular weight is 238 g/mol. The number of imidazole rings is 1. The number of nitrogens with one attached hydrogen (secondary N) is 1. The van der Waals surface area contributed by atoms with Crippen LogP contribution in [-0.4, -0.2) is 15.6 Å². The second kappa shape index (κ2) is 4.44. The lowest BCUT2D eigenvalue weighted by Crippen LogP contribution is -2.23. The Morgan fingerprint density at radius 2 is 2.19 bits per heavy atom. The second-order valence-electron chi connectivity index (χ2n) is 4.23. The minimum atomic E-state index is 0.454. The van der Waals surface area contributed by atoms with E-state index >= 15 is 0 Å². The van der Waals surface area contributed by atoms with Crippen molar-refractivity contribution < 1.29 is 0 Å². The first-order valence-corrected chi connectivity index (χ1v) is 5.80. The van der Waals surface area contributed by atoms with Gasteiger partial charge in [0.1, 0.15) is 5.82 Å². The van der Waals surface area contributed by atoms with Crippen molar-refractivity contribution in [2.24, 2.45) is 7.05 Å². The molecule has 0 aliphatic rings. The predicted octanol–water partition coefficient (Wildman–Crippen LogP) is 2.72. The van der Waals surface area contributed by atoms with E-state index in [-0.39, 0.29) is 0 Å². The lowest BCUT2D eigenvalue weighted by Gasteiger charge is -2.07. The van der Waals surface area contributed by atoms with Crippen molar-refractivity contribution in [3.63, 3.8) is 0 Å². The molecule has 1 heterocycles. The van der Waals surface area contributed by atoms with Gasteiger partial charge in [-0.15, -0.1) is 0 Å². The van der Waals surface area contributed by atoms with Gasteiger partial charge in [-0.05, 0) is 12.1 Å². The number of aromatic nitrogens is 2. The van der Waals surface area contributed by atoms with Crippen LogP contribution < -0.4 is 5.32 Å². The van der Waals surface area contributed by atoms with Crippen LogP contribution in [0.4, 0.5) is 0 Å². The Balaban J connectivity index is 2.40. The van der Waals surface area contributed by atoms with Crippen molar-refractivity contribution in [1.82, 2.24) is 14.9 Å². The van der Waals surface area contributed by atoms with E-state index in [1.165, 1.54) is 0 Å². The third-order valence-corrected chi connectivity index (χ3v) is 2.91. The largest absolute Gasteiger partial charge is 0.329 e. The monoisotopic (exact) mass is 237 g/mol. The molecular weight excluding hydrogens is 222 g/mol. The number of benzene rings is 1. The molecule has 16 heavy (non-hydrogen) atoms. The van der Waals surface area contributed by atoms with Gasteiger partial charge in [-0.2, -0.15) is 0 Å². The maximum absolute atomic E-state index is 6.16. The minimum absolute atomic E-state index is 0.454. The maximum Gasteiger partial charge on any atom is 0.123 e. The van der Waals surface area contributed by atoms with Gasteiger partial charge >= 0.3 is 0 Å². The van der Waals surface area contributed by atoms with Crippen molar-refractivity contribution >= 4 is 22.6 Å². The van der Waals surface area contributed by atoms with Crippen molar-refractivity contribution in [2.75, 3.05) is 0 Å². The number of rotatable bonds is 3. The van der Waals surface area contributed by atoms with E-state index in [9.17, 15) is 0 Å². The van der Waals surface area contributed by atoms with Crippen molar-refractivity contribution in [1.29, 1.82) is 0 Å². The summed E-state index contributed by atoms with van der Waals surface area (Å²) >= 11 is 6.16. The Morgan fingerprint density at radius 1 is 1.44 bits per heavy atom. The van der Waals surface area contributed by atoms with Gasteiger partial charge in [0.15, 0.2) is 0 Å². The first-order chi connectivity index (χ1) is 7.59. The van der Waals surface area contributed by atoms with E-state index < -0.39 is 0 Å². The van der Waals surface area contributed by atoms with Crippen LogP contribution in [0.15, 0.2) is 18.2 Å². The topological polar surface area (TPSA) is 29.9 Å². The average Bonchev–Trinajstić information content (AvgIpc) is 2.54. The van der Waals surface area contributed by atoms with E-state index in [1.54, 1.807) is 0 Å². The fourth-order valence-corrected chi connectivity index (χ4v) is 2.02. The zero-order valence-corrected chi connectivity index (χ0v) is 10.5. The molecule has 0 bridgehead atoms. The van der Waals surface area contributed by atoms with E-state index in [0.717, 1.165) is 28.4 Å². The molecule has 0 aliphatic heterocycles. The normalized spacial score (nSPS) is 11.6. The third kappa shape index (κ3) is 2.06. The molecule has 0 atom stereocenters. The van der Waals surface area contributed by atoms with E-state index in [2.05, 4.69) is 24.1 Å². The Hall–Kier alpha value is -1.06. The number of nitrogens with zero attached hydrogens (tertiary/aromatic N) is 2. The summed E-state index contributed by atoms with van der Waals surface area (Å²) in [4.78, 5) is 4.56. The summed E-state index contributed by atoms with van der Waals surface area (Å²) in [6.07, 6.45) is 0. The molecule has 3 nitrogen and oxygen atoms in total. The molecule has 0 unspecified atom stereocenters. The van der Waals surface area contributed by atoms with Gasteiger partial charge in [-0.25, -0.2) is 4.98 Å². The summed E-state index contributed by atoms with van der Waals surface area (Å²) < 4.78 is 2.05. The van der Waals surface area contributed by atoms with Crippen LogP contribution >= 0.6 is 11.6 Å². The molecule has 0 saturated carbocycles. The van der Waals surface area contributed by atoms with Gasteiger partial charge in [0.2, 0.25) is 0 Å². The zero-order valence-electron chi connectivity index (χ0n) is 9.79. The van der Waals surface area contributed by atoms with Gasteiger partial charge < -0.3 is 9.88 Å². The number of hydrogen-bond acceptors (Lipinski definition) is 2. The molecule has 1 N–H and O–H groups in total. The van der Waals surface area contributed by atoms with Crippen LogP contribution in [0, 0.1) is 0 Å². The fourth-order valence-electron chi connectivity index (χ4n) is 1.72. The number of fused-ring (bicyclic) bond motifs is 1. The fraction of sp³-hybridized carbons (Fsp3) is 0.417. The van der Waals surface area contributed by atoms with Crippen LogP contribution in [0.3, 0.4) is 0 Å². The smallest absolute Gasteiger partial charge is 0.123 e. The first-order valence-electron chi connectivity index (χ1n) is 5.43. The first kappa shape index (κ1) is 11.4. The highest BCUT2D eigenvalue weighted by Crippen LogP contribution is 2.23. The molecule has 1 aromatic heterocycles. The van der Waals surface area contributed by atoms with Crippen LogP contribution in [-0.2, 0) is 13.6 Å². The van der Waals surface area contributed by atoms with E-state index in [4.69, 9.17) is 11.6 Å². The molecule has 86 valence electrons. The minimum Gasteiger partial charge on any atom is -0.329 e. The summed E-state index contributed by atoms with van der Waals surface area (Å²) in [7, 11) is 2.00. The van der Waals surface area contributed by atoms with Crippen LogP contribution in [0.2, 0.25) is 5.02 Å². The summed E-state index contributed by atoms with van der Waals surface area (Å²) in [6.45, 7) is 5.00. The van der Waals surface area contributed by atoms with Gasteiger partial charge in [0.25, 0.3) is 0 Å². The molecule has 0 amide bonds. The van der Waals surface area contributed by atoms with Gasteiger partial charge in [-0.1, -0.05) is 31.5 Å². The molecular formula is C12H16ClN3. The molecule has 0 spiro atoms. The number of para-hydroxylation sites is 1. The summed E-state index contributed by atoms with van der Waals surface area (Å²) in [5, 5.41) is 4.11. The molecule has 1 aromatic carbocycles. The van der Waals surface area contributed by atoms with Crippen molar-refractivity contribution in [2.45, 2.75) is 26.4 Å². The third-order valence-electron chi connectivity index (χ3n) is 2.61. The SMILES string of the molecule is CC(C)NCc1nc2cccc(Cl)c2n1C. The highest BCUT2D eigenvalue weighted by molar-refractivity contribution is 6.34. The van der Waals surface area contributed by atoms with E-state index in [1.807, 2.05) is 29.8 Å². The Labute approximate surface area is 100 Å². The van der Waals surface area contributed by atoms with Crippen LogP contribution in [0.5, 0.6) is 0 Å². The molecule has 4 heteroatoms. The molecule has 2 rings (SSSR count). The predicted molar refractivity (Wildman–Crippen MR) is 67.7 cm³/mol. The molecule has 0 saturated heterocycles. The number of aryl methyl sites for hydroxylation is 1. The molecule has 0 radical (unpaired) electrons.